The van der Waals surface area contributed by atoms with Crippen LogP contribution in [0.1, 0.15) is 40.5 Å². The van der Waals surface area contributed by atoms with Crippen molar-refractivity contribution in [3.05, 3.63) is 100 Å². The van der Waals surface area contributed by atoms with Gasteiger partial charge < -0.3 is 5.32 Å². The summed E-state index contributed by atoms with van der Waals surface area (Å²) in [4.78, 5) is 13.1. The van der Waals surface area contributed by atoms with Gasteiger partial charge in [0, 0.05) is 22.5 Å². The Hall–Kier alpha value is -2.58. The van der Waals surface area contributed by atoms with Crippen molar-refractivity contribution in [1.29, 1.82) is 0 Å². The second-order valence-corrected chi connectivity index (χ2v) is 7.56. The van der Waals surface area contributed by atoms with Crippen molar-refractivity contribution in [2.45, 2.75) is 18.3 Å². The van der Waals surface area contributed by atoms with Crippen molar-refractivity contribution in [2.24, 2.45) is 5.92 Å². The molecule has 1 amide bonds. The molecule has 1 N–H and O–H groups in total. The van der Waals surface area contributed by atoms with Crippen LogP contribution in [0.2, 0.25) is 5.02 Å². The Labute approximate surface area is 157 Å². The van der Waals surface area contributed by atoms with E-state index < -0.39 is 0 Å². The largest absolute Gasteiger partial charge is 0.326 e. The minimum atomic E-state index is -0.0551. The lowest BCUT2D eigenvalue weighted by atomic mass is 9.59. The Kier molecular flexibility index (Phi) is 3.61. The second kappa shape index (κ2) is 6.00. The minimum absolute atomic E-state index is 0.0551. The Morgan fingerprint density at radius 3 is 1.92 bits per heavy atom. The monoisotopic (exact) mass is 359 g/mol. The van der Waals surface area contributed by atoms with Crippen LogP contribution in [-0.2, 0) is 4.79 Å². The van der Waals surface area contributed by atoms with Crippen LogP contribution in [-0.4, -0.2) is 5.91 Å². The van der Waals surface area contributed by atoms with Gasteiger partial charge in [-0.25, -0.2) is 0 Å². The fourth-order valence-electron chi connectivity index (χ4n) is 4.66. The average Bonchev–Trinajstić information content (AvgIpc) is 2.69. The predicted octanol–water partition coefficient (Wildman–Crippen LogP) is 5.58. The molecule has 0 aliphatic heterocycles. The van der Waals surface area contributed by atoms with Crippen molar-refractivity contribution in [3.8, 4) is 0 Å². The fraction of sp³-hybridized carbons (Fsp3) is 0.174. The number of amides is 1. The van der Waals surface area contributed by atoms with Gasteiger partial charge in [0.25, 0.3) is 0 Å². The third kappa shape index (κ3) is 2.37. The molecule has 0 aromatic heterocycles. The summed E-state index contributed by atoms with van der Waals surface area (Å²) in [6.07, 6.45) is 0.859. The molecule has 26 heavy (non-hydrogen) atoms. The molecule has 3 aliphatic carbocycles. The first-order valence-corrected chi connectivity index (χ1v) is 9.34. The summed E-state index contributed by atoms with van der Waals surface area (Å²) in [5.41, 5.74) is 6.17. The lowest BCUT2D eigenvalue weighted by Crippen LogP contribution is -2.38. The minimum Gasteiger partial charge on any atom is -0.326 e. The van der Waals surface area contributed by atoms with Crippen LogP contribution >= 0.6 is 11.6 Å². The maximum atomic E-state index is 13.1. The van der Waals surface area contributed by atoms with Gasteiger partial charge in [0.05, 0.1) is 5.92 Å². The van der Waals surface area contributed by atoms with Gasteiger partial charge in [-0.3, -0.25) is 4.79 Å². The molecular formula is C23H18ClNO. The summed E-state index contributed by atoms with van der Waals surface area (Å²) in [6.45, 7) is 0. The van der Waals surface area contributed by atoms with Gasteiger partial charge in [0.15, 0.2) is 0 Å². The van der Waals surface area contributed by atoms with Crippen LogP contribution in [0.5, 0.6) is 0 Å². The molecule has 6 rings (SSSR count). The van der Waals surface area contributed by atoms with Crippen LogP contribution in [0.3, 0.4) is 0 Å². The van der Waals surface area contributed by atoms with E-state index in [4.69, 9.17) is 11.6 Å². The van der Waals surface area contributed by atoms with Gasteiger partial charge in [0.1, 0.15) is 0 Å². The molecule has 0 spiro atoms. The van der Waals surface area contributed by atoms with E-state index in [2.05, 4.69) is 53.8 Å². The van der Waals surface area contributed by atoms with E-state index in [9.17, 15) is 4.79 Å². The third-order valence-electron chi connectivity index (χ3n) is 5.75. The number of carbonyl (C=O) groups is 1. The Bertz CT molecular complexity index is 948. The second-order valence-electron chi connectivity index (χ2n) is 7.13. The molecule has 0 saturated carbocycles. The first-order chi connectivity index (χ1) is 12.7. The molecule has 3 heteroatoms. The number of anilines is 1. The van der Waals surface area contributed by atoms with Crippen molar-refractivity contribution in [2.75, 3.05) is 5.32 Å². The van der Waals surface area contributed by atoms with E-state index in [1.807, 2.05) is 12.1 Å². The summed E-state index contributed by atoms with van der Waals surface area (Å²) in [6, 6.07) is 24.5. The lowest BCUT2D eigenvalue weighted by molar-refractivity contribution is -0.121. The molecule has 3 aromatic rings. The zero-order valence-electron chi connectivity index (χ0n) is 14.2. The standard InChI is InChI=1S/C23H18ClNO/c24-14-9-11-15(12-10-14)25-23(26)21-13-20-16-5-1-3-7-18(16)22(21)19-8-4-2-6-17(19)20/h1-12,20-22H,13H2,(H,25,26)/t20?,21-,22?/m0/s1. The first-order valence-electron chi connectivity index (χ1n) is 8.96. The van der Waals surface area contributed by atoms with Gasteiger partial charge in [-0.2, -0.15) is 0 Å². The normalized spacial score (nSPS) is 22.4. The zero-order valence-corrected chi connectivity index (χ0v) is 14.9. The fourth-order valence-corrected chi connectivity index (χ4v) is 4.79. The Balaban J connectivity index is 1.54. The molecule has 2 bridgehead atoms. The third-order valence-corrected chi connectivity index (χ3v) is 6.01. The van der Waals surface area contributed by atoms with Gasteiger partial charge in [-0.15, -0.1) is 0 Å². The van der Waals surface area contributed by atoms with Gasteiger partial charge in [-0.1, -0.05) is 60.1 Å². The smallest absolute Gasteiger partial charge is 0.228 e. The van der Waals surface area contributed by atoms with E-state index >= 15 is 0 Å². The number of carbonyl (C=O) groups excluding carboxylic acids is 1. The van der Waals surface area contributed by atoms with Crippen LogP contribution < -0.4 is 5.32 Å². The predicted molar refractivity (Wildman–Crippen MR) is 105 cm³/mol. The van der Waals surface area contributed by atoms with E-state index in [0.29, 0.717) is 10.9 Å². The molecule has 0 radical (unpaired) electrons. The maximum absolute atomic E-state index is 13.1. The number of hydrogen-bond acceptors (Lipinski definition) is 1. The van der Waals surface area contributed by atoms with Crippen molar-refractivity contribution < 1.29 is 4.79 Å². The van der Waals surface area contributed by atoms with E-state index in [-0.39, 0.29) is 17.7 Å². The number of fused-ring (bicyclic) bond motifs is 1. The van der Waals surface area contributed by atoms with Gasteiger partial charge in [0.2, 0.25) is 5.91 Å². The van der Waals surface area contributed by atoms with E-state index in [0.717, 1.165) is 12.1 Å². The summed E-state index contributed by atoms with van der Waals surface area (Å²) in [7, 11) is 0. The molecule has 3 aliphatic rings. The quantitative estimate of drug-likeness (QED) is 0.636. The molecule has 1 atom stereocenters. The Morgan fingerprint density at radius 1 is 0.808 bits per heavy atom. The number of hydrogen-bond donors (Lipinski definition) is 1. The highest BCUT2D eigenvalue weighted by molar-refractivity contribution is 6.30. The first kappa shape index (κ1) is 15.7. The van der Waals surface area contributed by atoms with E-state index in [1.165, 1.54) is 22.3 Å². The van der Waals surface area contributed by atoms with E-state index in [1.54, 1.807) is 12.1 Å². The van der Waals surface area contributed by atoms with Crippen LogP contribution in [0, 0.1) is 5.92 Å². The van der Waals surface area contributed by atoms with Gasteiger partial charge >= 0.3 is 0 Å². The number of rotatable bonds is 2. The molecule has 2 nitrogen and oxygen atoms in total. The molecular weight excluding hydrogens is 342 g/mol. The molecule has 0 heterocycles. The summed E-state index contributed by atoms with van der Waals surface area (Å²) < 4.78 is 0. The molecule has 0 fully saturated rings. The van der Waals surface area contributed by atoms with Crippen LogP contribution in [0.15, 0.2) is 72.8 Å². The highest BCUT2D eigenvalue weighted by Crippen LogP contribution is 2.55. The van der Waals surface area contributed by atoms with Gasteiger partial charge in [-0.05, 0) is 52.9 Å². The van der Waals surface area contributed by atoms with Crippen molar-refractivity contribution in [3.63, 3.8) is 0 Å². The highest BCUT2D eigenvalue weighted by Gasteiger charge is 2.45. The molecule has 3 aromatic carbocycles. The summed E-state index contributed by atoms with van der Waals surface area (Å²) in [5, 5.41) is 3.76. The maximum Gasteiger partial charge on any atom is 0.228 e. The summed E-state index contributed by atoms with van der Waals surface area (Å²) in [5.74, 6) is 0.458. The van der Waals surface area contributed by atoms with Crippen LogP contribution in [0.25, 0.3) is 0 Å². The molecule has 0 saturated heterocycles. The van der Waals surface area contributed by atoms with Crippen molar-refractivity contribution in [1.82, 2.24) is 0 Å². The lowest BCUT2D eigenvalue weighted by Gasteiger charge is -2.44. The summed E-state index contributed by atoms with van der Waals surface area (Å²) >= 11 is 5.95. The highest BCUT2D eigenvalue weighted by atomic mass is 35.5. The SMILES string of the molecule is O=C(Nc1ccc(Cl)cc1)[C@H]1CC2c3ccccc3C1c1ccccc12. The van der Waals surface area contributed by atoms with Crippen LogP contribution in [0.4, 0.5) is 5.69 Å². The molecule has 128 valence electrons. The number of nitrogens with one attached hydrogen (secondary N) is 1. The topological polar surface area (TPSA) is 29.1 Å². The number of halogens is 1. The molecule has 0 unspecified atom stereocenters. The zero-order chi connectivity index (χ0) is 17.7. The average molecular weight is 360 g/mol. The van der Waals surface area contributed by atoms with Crippen molar-refractivity contribution >= 4 is 23.2 Å². The number of benzene rings is 3. The Morgan fingerprint density at radius 2 is 1.35 bits per heavy atom.